The van der Waals surface area contributed by atoms with Gasteiger partial charge >= 0.3 is 0 Å². The first-order valence-corrected chi connectivity index (χ1v) is 8.00. The standard InChI is InChI=1S/C17H25N3O/c1-17(12-21,14-5-3-2-4-6-14)19-11-15-8-7-13-9-10-18-16(13)20-15/h7-10,14,19,21H,2-6,11-12H2,1H3,(H,18,20). The number of aromatic nitrogens is 2. The number of aliphatic hydroxyl groups is 1. The van der Waals surface area contributed by atoms with Crippen LogP contribution in [0.25, 0.3) is 11.0 Å². The van der Waals surface area contributed by atoms with Gasteiger partial charge in [-0.05, 0) is 43.9 Å². The highest BCUT2D eigenvalue weighted by Crippen LogP contribution is 2.32. The lowest BCUT2D eigenvalue weighted by atomic mass is 9.76. The Kier molecular flexibility index (Phi) is 4.27. The third kappa shape index (κ3) is 3.11. The molecule has 0 amide bonds. The smallest absolute Gasteiger partial charge is 0.137 e. The van der Waals surface area contributed by atoms with Crippen molar-refractivity contribution in [2.45, 2.75) is 51.1 Å². The highest BCUT2D eigenvalue weighted by Gasteiger charge is 2.33. The number of hydrogen-bond acceptors (Lipinski definition) is 3. The monoisotopic (exact) mass is 287 g/mol. The van der Waals surface area contributed by atoms with Crippen LogP contribution in [0.15, 0.2) is 24.4 Å². The number of rotatable bonds is 5. The van der Waals surface area contributed by atoms with Gasteiger partial charge in [0.15, 0.2) is 0 Å². The maximum absolute atomic E-state index is 9.87. The normalized spacial score (nSPS) is 19.7. The lowest BCUT2D eigenvalue weighted by Gasteiger charge is -2.39. The summed E-state index contributed by atoms with van der Waals surface area (Å²) in [7, 11) is 0. The van der Waals surface area contributed by atoms with Gasteiger partial charge in [-0.1, -0.05) is 19.3 Å². The van der Waals surface area contributed by atoms with Crippen molar-refractivity contribution in [1.29, 1.82) is 0 Å². The van der Waals surface area contributed by atoms with Gasteiger partial charge in [0.1, 0.15) is 5.65 Å². The molecule has 0 bridgehead atoms. The van der Waals surface area contributed by atoms with Crippen LogP contribution in [-0.4, -0.2) is 27.2 Å². The van der Waals surface area contributed by atoms with Crippen LogP contribution in [0.3, 0.4) is 0 Å². The first kappa shape index (κ1) is 14.5. The topological polar surface area (TPSA) is 60.9 Å². The molecule has 1 aliphatic carbocycles. The number of aromatic amines is 1. The number of pyridine rings is 1. The molecule has 0 saturated heterocycles. The summed E-state index contributed by atoms with van der Waals surface area (Å²) in [6.07, 6.45) is 8.25. The summed E-state index contributed by atoms with van der Waals surface area (Å²) in [6.45, 7) is 3.03. The third-order valence-electron chi connectivity index (χ3n) is 4.98. The van der Waals surface area contributed by atoms with Crippen LogP contribution in [0.5, 0.6) is 0 Å². The number of aliphatic hydroxyl groups excluding tert-OH is 1. The summed E-state index contributed by atoms with van der Waals surface area (Å²) >= 11 is 0. The average Bonchev–Trinajstić information content (AvgIpc) is 3.01. The molecule has 2 aromatic rings. The van der Waals surface area contributed by atoms with Crippen molar-refractivity contribution >= 4 is 11.0 Å². The van der Waals surface area contributed by atoms with E-state index in [4.69, 9.17) is 0 Å². The zero-order valence-electron chi connectivity index (χ0n) is 12.7. The van der Waals surface area contributed by atoms with Crippen molar-refractivity contribution in [3.63, 3.8) is 0 Å². The maximum atomic E-state index is 9.87. The first-order chi connectivity index (χ1) is 10.2. The third-order valence-corrected chi connectivity index (χ3v) is 4.98. The number of nitrogens with one attached hydrogen (secondary N) is 2. The predicted molar refractivity (Wildman–Crippen MR) is 85.0 cm³/mol. The lowest BCUT2D eigenvalue weighted by molar-refractivity contribution is 0.0934. The van der Waals surface area contributed by atoms with Gasteiger partial charge in [0, 0.05) is 23.7 Å². The minimum atomic E-state index is -0.202. The van der Waals surface area contributed by atoms with E-state index in [0.717, 1.165) is 16.7 Å². The Morgan fingerprint density at radius 2 is 2.10 bits per heavy atom. The fourth-order valence-electron chi connectivity index (χ4n) is 3.43. The molecule has 1 aliphatic rings. The second-order valence-electron chi connectivity index (χ2n) is 6.48. The molecular weight excluding hydrogens is 262 g/mol. The second kappa shape index (κ2) is 6.16. The van der Waals surface area contributed by atoms with Crippen LogP contribution in [0.2, 0.25) is 0 Å². The van der Waals surface area contributed by atoms with Crippen molar-refractivity contribution in [2.75, 3.05) is 6.61 Å². The molecule has 4 nitrogen and oxygen atoms in total. The van der Waals surface area contributed by atoms with Crippen molar-refractivity contribution in [3.8, 4) is 0 Å². The van der Waals surface area contributed by atoms with E-state index in [1.54, 1.807) is 0 Å². The fourth-order valence-corrected chi connectivity index (χ4v) is 3.43. The van der Waals surface area contributed by atoms with Crippen LogP contribution in [0.1, 0.15) is 44.7 Å². The summed E-state index contributed by atoms with van der Waals surface area (Å²) in [5.74, 6) is 0.561. The molecule has 4 heteroatoms. The molecule has 0 aromatic carbocycles. The van der Waals surface area contributed by atoms with E-state index in [-0.39, 0.29) is 12.1 Å². The summed E-state index contributed by atoms with van der Waals surface area (Å²) in [5.41, 5.74) is 1.74. The van der Waals surface area contributed by atoms with E-state index in [1.807, 2.05) is 12.3 Å². The van der Waals surface area contributed by atoms with E-state index < -0.39 is 0 Å². The van der Waals surface area contributed by atoms with Crippen LogP contribution < -0.4 is 5.32 Å². The highest BCUT2D eigenvalue weighted by molar-refractivity contribution is 5.75. The molecule has 0 spiro atoms. The zero-order chi connectivity index (χ0) is 14.7. The minimum absolute atomic E-state index is 0.183. The first-order valence-electron chi connectivity index (χ1n) is 8.00. The Morgan fingerprint density at radius 1 is 1.29 bits per heavy atom. The van der Waals surface area contributed by atoms with Gasteiger partial charge in [0.05, 0.1) is 12.3 Å². The van der Waals surface area contributed by atoms with Crippen molar-refractivity contribution in [2.24, 2.45) is 5.92 Å². The molecule has 3 rings (SSSR count). The molecule has 0 radical (unpaired) electrons. The SMILES string of the molecule is CC(CO)(NCc1ccc2cc[nH]c2n1)C1CCCCC1. The van der Waals surface area contributed by atoms with E-state index in [2.05, 4.69) is 34.3 Å². The predicted octanol–water partition coefficient (Wildman–Crippen LogP) is 2.98. The Hall–Kier alpha value is -1.39. The van der Waals surface area contributed by atoms with Crippen molar-refractivity contribution in [3.05, 3.63) is 30.1 Å². The number of nitrogens with zero attached hydrogens (tertiary/aromatic N) is 1. The number of hydrogen-bond donors (Lipinski definition) is 3. The molecule has 3 N–H and O–H groups in total. The van der Waals surface area contributed by atoms with Gasteiger partial charge in [0.2, 0.25) is 0 Å². The molecule has 1 unspecified atom stereocenters. The fraction of sp³-hybridized carbons (Fsp3) is 0.588. The average molecular weight is 287 g/mol. The lowest BCUT2D eigenvalue weighted by Crippen LogP contribution is -2.52. The van der Waals surface area contributed by atoms with Crippen molar-refractivity contribution < 1.29 is 5.11 Å². The Labute approximate surface area is 126 Å². The number of fused-ring (bicyclic) bond motifs is 1. The largest absolute Gasteiger partial charge is 0.394 e. The van der Waals surface area contributed by atoms with E-state index >= 15 is 0 Å². The summed E-state index contributed by atoms with van der Waals surface area (Å²) < 4.78 is 0. The van der Waals surface area contributed by atoms with Crippen LogP contribution in [0, 0.1) is 5.92 Å². The number of H-pyrrole nitrogens is 1. The molecular formula is C17H25N3O. The van der Waals surface area contributed by atoms with Gasteiger partial charge in [-0.3, -0.25) is 0 Å². The van der Waals surface area contributed by atoms with E-state index in [0.29, 0.717) is 12.5 Å². The highest BCUT2D eigenvalue weighted by atomic mass is 16.3. The summed E-state index contributed by atoms with van der Waals surface area (Å²) in [4.78, 5) is 7.76. The molecule has 1 saturated carbocycles. The van der Waals surface area contributed by atoms with Crippen molar-refractivity contribution in [1.82, 2.24) is 15.3 Å². The molecule has 114 valence electrons. The van der Waals surface area contributed by atoms with Gasteiger partial charge in [-0.2, -0.15) is 0 Å². The zero-order valence-corrected chi connectivity index (χ0v) is 12.7. The molecule has 2 aromatic heterocycles. The summed E-state index contributed by atoms with van der Waals surface area (Å²) in [6, 6.07) is 6.17. The maximum Gasteiger partial charge on any atom is 0.137 e. The van der Waals surface area contributed by atoms with Gasteiger partial charge < -0.3 is 15.4 Å². The molecule has 1 atom stereocenters. The summed E-state index contributed by atoms with van der Waals surface area (Å²) in [5, 5.41) is 14.6. The quantitative estimate of drug-likeness (QED) is 0.792. The molecule has 1 fully saturated rings. The van der Waals surface area contributed by atoms with Gasteiger partial charge in [0.25, 0.3) is 0 Å². The van der Waals surface area contributed by atoms with Crippen LogP contribution in [-0.2, 0) is 6.54 Å². The van der Waals surface area contributed by atoms with Crippen LogP contribution >= 0.6 is 0 Å². The Morgan fingerprint density at radius 3 is 2.86 bits per heavy atom. The van der Waals surface area contributed by atoms with E-state index in [9.17, 15) is 5.11 Å². The Balaban J connectivity index is 1.68. The van der Waals surface area contributed by atoms with Gasteiger partial charge in [-0.15, -0.1) is 0 Å². The minimum Gasteiger partial charge on any atom is -0.394 e. The molecule has 2 heterocycles. The molecule has 21 heavy (non-hydrogen) atoms. The van der Waals surface area contributed by atoms with Crippen LogP contribution in [0.4, 0.5) is 0 Å². The Bertz CT molecular complexity index is 588. The molecule has 0 aliphatic heterocycles. The van der Waals surface area contributed by atoms with Gasteiger partial charge in [-0.25, -0.2) is 4.98 Å². The van der Waals surface area contributed by atoms with E-state index in [1.165, 1.54) is 32.1 Å². The second-order valence-corrected chi connectivity index (χ2v) is 6.48.